The number of aliphatic hydroxyl groups is 1. The summed E-state index contributed by atoms with van der Waals surface area (Å²) in [6.07, 6.45) is 3.16. The van der Waals surface area contributed by atoms with Crippen molar-refractivity contribution in [2.45, 2.75) is 32.5 Å². The predicted molar refractivity (Wildman–Crippen MR) is 129 cm³/mol. The largest absolute Gasteiger partial charge is 0.496 e. The van der Waals surface area contributed by atoms with Crippen LogP contribution in [-0.2, 0) is 18.7 Å². The molecule has 4 rings (SSSR count). The number of aliphatic imine (C=N–C) groups is 1. The van der Waals surface area contributed by atoms with Gasteiger partial charge in [-0.3, -0.25) is 14.8 Å². The number of fused-ring (bicyclic) bond motifs is 1. The Hall–Kier alpha value is -3.78. The van der Waals surface area contributed by atoms with Crippen LogP contribution in [0.5, 0.6) is 5.75 Å². The minimum absolute atomic E-state index is 0.0491. The van der Waals surface area contributed by atoms with Crippen LogP contribution >= 0.6 is 0 Å². The molecule has 0 spiro atoms. The Bertz CT molecular complexity index is 1300. The van der Waals surface area contributed by atoms with Crippen molar-refractivity contribution in [3.05, 3.63) is 76.4 Å². The molecule has 0 atom stereocenters. The molecule has 34 heavy (non-hydrogen) atoms. The highest BCUT2D eigenvalue weighted by atomic mass is 19.1. The van der Waals surface area contributed by atoms with E-state index in [1.54, 1.807) is 62.5 Å². The molecule has 8 heteroatoms. The van der Waals surface area contributed by atoms with Crippen molar-refractivity contribution in [2.75, 3.05) is 19.9 Å². The number of nitrogens with zero attached hydrogens (tertiary/aromatic N) is 3. The van der Waals surface area contributed by atoms with Gasteiger partial charge in [-0.05, 0) is 43.2 Å². The number of anilines is 1. The number of nitrogens with two attached hydrogens (primary N) is 1. The van der Waals surface area contributed by atoms with Gasteiger partial charge in [0, 0.05) is 53.9 Å². The monoisotopic (exact) mass is 462 g/mol. The van der Waals surface area contributed by atoms with Gasteiger partial charge in [0.05, 0.1) is 19.3 Å². The third kappa shape index (κ3) is 4.12. The Morgan fingerprint density at radius 2 is 2.09 bits per heavy atom. The van der Waals surface area contributed by atoms with Crippen molar-refractivity contribution in [1.29, 1.82) is 0 Å². The summed E-state index contributed by atoms with van der Waals surface area (Å²) in [5.41, 5.74) is 9.39. The van der Waals surface area contributed by atoms with E-state index in [4.69, 9.17) is 10.5 Å². The van der Waals surface area contributed by atoms with Crippen molar-refractivity contribution < 1.29 is 19.0 Å². The highest BCUT2D eigenvalue weighted by molar-refractivity contribution is 5.98. The zero-order valence-corrected chi connectivity index (χ0v) is 19.6. The molecule has 0 saturated carbocycles. The number of carbonyl (C=O) groups is 1. The quantitative estimate of drug-likeness (QED) is 0.427. The number of aromatic nitrogens is 1. The summed E-state index contributed by atoms with van der Waals surface area (Å²) in [7, 11) is 3.08. The molecule has 0 saturated heterocycles. The van der Waals surface area contributed by atoms with Crippen molar-refractivity contribution in [3.8, 4) is 16.9 Å². The predicted octanol–water partition coefficient (Wildman–Crippen LogP) is 3.91. The molecule has 0 bridgehead atoms. The van der Waals surface area contributed by atoms with Crippen molar-refractivity contribution in [1.82, 2.24) is 9.88 Å². The molecular weight excluding hydrogens is 435 g/mol. The van der Waals surface area contributed by atoms with E-state index in [-0.39, 0.29) is 18.0 Å². The van der Waals surface area contributed by atoms with E-state index in [9.17, 15) is 9.90 Å². The lowest BCUT2D eigenvalue weighted by molar-refractivity contribution is 0.0758. The lowest BCUT2D eigenvalue weighted by Gasteiger charge is -2.23. The number of nitrogen functional groups attached to an aromatic ring is 1. The Morgan fingerprint density at radius 3 is 2.74 bits per heavy atom. The van der Waals surface area contributed by atoms with Gasteiger partial charge < -0.3 is 20.5 Å². The first-order valence-corrected chi connectivity index (χ1v) is 10.8. The molecular formula is C26H27FN4O3. The van der Waals surface area contributed by atoms with Gasteiger partial charge in [0.1, 0.15) is 17.3 Å². The Kier molecular flexibility index (Phi) is 6.10. The van der Waals surface area contributed by atoms with Gasteiger partial charge in [-0.1, -0.05) is 18.2 Å². The third-order valence-electron chi connectivity index (χ3n) is 5.98. The van der Waals surface area contributed by atoms with Crippen LogP contribution in [0.4, 0.5) is 10.1 Å². The maximum atomic E-state index is 15.4. The molecule has 3 N–H and O–H groups in total. The number of halogens is 1. The smallest absolute Gasteiger partial charge is 0.273 e. The van der Waals surface area contributed by atoms with E-state index in [1.165, 1.54) is 13.2 Å². The van der Waals surface area contributed by atoms with Crippen LogP contribution in [-0.4, -0.2) is 41.3 Å². The van der Waals surface area contributed by atoms with Crippen LogP contribution in [0.1, 0.15) is 46.6 Å². The molecule has 7 nitrogen and oxygen atoms in total. The second-order valence-electron chi connectivity index (χ2n) is 8.75. The third-order valence-corrected chi connectivity index (χ3v) is 5.98. The first-order chi connectivity index (χ1) is 16.2. The molecule has 0 radical (unpaired) electrons. The number of hydrogen-bond acceptors (Lipinski definition) is 6. The molecule has 0 fully saturated rings. The van der Waals surface area contributed by atoms with Gasteiger partial charge in [-0.2, -0.15) is 0 Å². The summed E-state index contributed by atoms with van der Waals surface area (Å²) in [5, 5.41) is 10.5. The van der Waals surface area contributed by atoms with Crippen LogP contribution in [0.15, 0.2) is 47.6 Å². The van der Waals surface area contributed by atoms with Crippen LogP contribution < -0.4 is 10.5 Å². The summed E-state index contributed by atoms with van der Waals surface area (Å²) >= 11 is 0. The van der Waals surface area contributed by atoms with Crippen molar-refractivity contribution in [3.63, 3.8) is 0 Å². The lowest BCUT2D eigenvalue weighted by Crippen LogP contribution is -2.24. The van der Waals surface area contributed by atoms with Crippen LogP contribution in [0.3, 0.4) is 0 Å². The number of rotatable bonds is 6. The molecule has 2 heterocycles. The number of amides is 1. The topological polar surface area (TPSA) is 101 Å². The zero-order chi connectivity index (χ0) is 24.6. The Morgan fingerprint density at radius 1 is 1.32 bits per heavy atom. The fourth-order valence-corrected chi connectivity index (χ4v) is 4.30. The normalized spacial score (nSPS) is 13.6. The lowest BCUT2D eigenvalue weighted by atomic mass is 9.89. The van der Waals surface area contributed by atoms with E-state index in [0.717, 1.165) is 5.56 Å². The van der Waals surface area contributed by atoms with Crippen molar-refractivity contribution >= 4 is 17.8 Å². The first-order valence-electron chi connectivity index (χ1n) is 10.8. The van der Waals surface area contributed by atoms with Crippen LogP contribution in [0, 0.1) is 5.82 Å². The Labute approximate surface area is 197 Å². The fraction of sp³-hybridized carbons (Fsp3) is 0.269. The average molecular weight is 463 g/mol. The molecule has 2 aromatic carbocycles. The second kappa shape index (κ2) is 8.87. The zero-order valence-electron chi connectivity index (χ0n) is 19.6. The highest BCUT2D eigenvalue weighted by Gasteiger charge is 2.30. The maximum absolute atomic E-state index is 15.4. The second-order valence-corrected chi connectivity index (χ2v) is 8.75. The fourth-order valence-electron chi connectivity index (χ4n) is 4.30. The first kappa shape index (κ1) is 23.4. The van der Waals surface area contributed by atoms with E-state index in [2.05, 4.69) is 9.98 Å². The molecule has 3 aromatic rings. The average Bonchev–Trinajstić information content (AvgIpc) is 3.11. The Balaban J connectivity index is 1.75. The van der Waals surface area contributed by atoms with E-state index in [0.29, 0.717) is 45.9 Å². The maximum Gasteiger partial charge on any atom is 0.273 e. The van der Waals surface area contributed by atoms with Gasteiger partial charge in [0.15, 0.2) is 0 Å². The van der Waals surface area contributed by atoms with E-state index < -0.39 is 11.4 Å². The minimum atomic E-state index is -1.15. The molecule has 0 unspecified atom stereocenters. The molecule has 1 aliphatic heterocycles. The molecule has 1 aromatic heterocycles. The summed E-state index contributed by atoms with van der Waals surface area (Å²) in [4.78, 5) is 22.5. The SMILES string of the molecule is CN=Cc1c(-c2cc(F)c(CN3Cc4cccnc4C3=O)c(OC)c2)ccc(C(C)(C)O)c1N. The van der Waals surface area contributed by atoms with Gasteiger partial charge >= 0.3 is 0 Å². The molecule has 0 aliphatic carbocycles. The summed E-state index contributed by atoms with van der Waals surface area (Å²) < 4.78 is 21.0. The number of hydrogen-bond donors (Lipinski definition) is 2. The van der Waals surface area contributed by atoms with Crippen LogP contribution in [0.25, 0.3) is 11.1 Å². The van der Waals surface area contributed by atoms with Crippen molar-refractivity contribution in [2.24, 2.45) is 4.99 Å². The molecule has 1 amide bonds. The summed E-state index contributed by atoms with van der Waals surface area (Å²) in [6.45, 7) is 3.71. The number of benzene rings is 2. The number of pyridine rings is 1. The molecule has 176 valence electrons. The highest BCUT2D eigenvalue weighted by Crippen LogP contribution is 2.37. The summed E-state index contributed by atoms with van der Waals surface area (Å²) in [5.74, 6) is -0.426. The standard InChI is InChI=1S/C26H27FN4O3/c1-26(2,33)20-8-7-17(18(12-29-3)23(20)28)16-10-21(27)19(22(11-16)34-4)14-31-13-15-6-5-9-30-24(15)25(31)32/h5-12,33H,13-14,28H2,1-4H3. The van der Waals surface area contributed by atoms with E-state index in [1.807, 2.05) is 6.07 Å². The van der Waals surface area contributed by atoms with E-state index >= 15 is 4.39 Å². The van der Waals surface area contributed by atoms with Gasteiger partial charge in [0.25, 0.3) is 5.91 Å². The number of carbonyl (C=O) groups excluding carboxylic acids is 1. The van der Waals surface area contributed by atoms with Gasteiger partial charge in [-0.15, -0.1) is 0 Å². The van der Waals surface area contributed by atoms with Crippen LogP contribution in [0.2, 0.25) is 0 Å². The number of ether oxygens (including phenoxy) is 1. The molecule has 1 aliphatic rings. The summed E-state index contributed by atoms with van der Waals surface area (Å²) in [6, 6.07) is 10.2. The number of methoxy groups -OCH3 is 1. The van der Waals surface area contributed by atoms with Gasteiger partial charge in [-0.25, -0.2) is 4.39 Å². The minimum Gasteiger partial charge on any atom is -0.496 e. The van der Waals surface area contributed by atoms with Gasteiger partial charge in [0.2, 0.25) is 0 Å².